The van der Waals surface area contributed by atoms with Crippen molar-refractivity contribution in [3.8, 4) is 0 Å². The van der Waals surface area contributed by atoms with Crippen LogP contribution >= 0.6 is 0 Å². The van der Waals surface area contributed by atoms with Crippen molar-refractivity contribution in [2.24, 2.45) is 5.92 Å². The van der Waals surface area contributed by atoms with Gasteiger partial charge >= 0.3 is 0 Å². The molecule has 18 heavy (non-hydrogen) atoms. The molecule has 0 aromatic carbocycles. The maximum Gasteiger partial charge on any atom is 0.248 e. The lowest BCUT2D eigenvalue weighted by Crippen LogP contribution is -2.43. The van der Waals surface area contributed by atoms with E-state index in [0.29, 0.717) is 13.2 Å². The molecular formula is C12H18N4O2. The number of aromatic nitrogens is 2. The van der Waals surface area contributed by atoms with Crippen LogP contribution in [0, 0.1) is 5.92 Å². The second-order valence-corrected chi connectivity index (χ2v) is 4.25. The van der Waals surface area contributed by atoms with Gasteiger partial charge in [-0.25, -0.2) is 10.5 Å². The molecule has 0 bridgehead atoms. The molecule has 0 saturated carbocycles. The van der Waals surface area contributed by atoms with E-state index in [2.05, 4.69) is 20.3 Å². The number of nitrogens with zero attached hydrogens (tertiary/aromatic N) is 3. The van der Waals surface area contributed by atoms with Crippen LogP contribution < -0.4 is 10.4 Å². The molecule has 6 heteroatoms. The van der Waals surface area contributed by atoms with E-state index >= 15 is 0 Å². The van der Waals surface area contributed by atoms with Crippen molar-refractivity contribution in [3.05, 3.63) is 18.6 Å². The van der Waals surface area contributed by atoms with E-state index in [1.807, 2.05) is 6.92 Å². The lowest BCUT2D eigenvalue weighted by atomic mass is 9.97. The van der Waals surface area contributed by atoms with Gasteiger partial charge < -0.3 is 4.90 Å². The molecule has 98 valence electrons. The van der Waals surface area contributed by atoms with Gasteiger partial charge in [-0.2, -0.15) is 0 Å². The van der Waals surface area contributed by atoms with E-state index < -0.39 is 0 Å². The number of amides is 1. The van der Waals surface area contributed by atoms with Gasteiger partial charge in [-0.05, 0) is 19.8 Å². The normalized spacial score (nSPS) is 19.6. The van der Waals surface area contributed by atoms with Crippen molar-refractivity contribution in [3.63, 3.8) is 0 Å². The van der Waals surface area contributed by atoms with Crippen LogP contribution in [0.15, 0.2) is 18.6 Å². The highest BCUT2D eigenvalue weighted by Crippen LogP contribution is 2.20. The first kappa shape index (κ1) is 12.8. The van der Waals surface area contributed by atoms with E-state index in [1.54, 1.807) is 18.6 Å². The molecule has 1 saturated heterocycles. The number of hydroxylamine groups is 1. The highest BCUT2D eigenvalue weighted by Gasteiger charge is 2.26. The van der Waals surface area contributed by atoms with Crippen LogP contribution in [0.3, 0.4) is 0 Å². The Morgan fingerprint density at radius 3 is 3.22 bits per heavy atom. The summed E-state index contributed by atoms with van der Waals surface area (Å²) in [5, 5.41) is 0. The SMILES string of the molecule is CCONC(=O)[C@H]1CCCN(c2cnccn2)C1. The van der Waals surface area contributed by atoms with Crippen molar-refractivity contribution >= 4 is 11.7 Å². The number of nitrogens with one attached hydrogen (secondary N) is 1. The zero-order chi connectivity index (χ0) is 12.8. The minimum Gasteiger partial charge on any atom is -0.355 e. The number of rotatable bonds is 4. The molecule has 1 amide bonds. The molecule has 2 rings (SSSR count). The van der Waals surface area contributed by atoms with Gasteiger partial charge in [-0.15, -0.1) is 0 Å². The van der Waals surface area contributed by atoms with E-state index in [-0.39, 0.29) is 11.8 Å². The third-order valence-electron chi connectivity index (χ3n) is 2.98. The van der Waals surface area contributed by atoms with Crippen molar-refractivity contribution in [2.75, 3.05) is 24.6 Å². The van der Waals surface area contributed by atoms with Gasteiger partial charge in [0.25, 0.3) is 0 Å². The van der Waals surface area contributed by atoms with Crippen LogP contribution in [0.1, 0.15) is 19.8 Å². The fourth-order valence-corrected chi connectivity index (χ4v) is 2.08. The Hall–Kier alpha value is -1.69. The quantitative estimate of drug-likeness (QED) is 0.799. The standard InChI is InChI=1S/C12H18N4O2/c1-2-18-15-12(17)10-4-3-7-16(9-10)11-8-13-5-6-14-11/h5-6,8,10H,2-4,7,9H2,1H3,(H,15,17)/t10-/m0/s1. The molecule has 1 N–H and O–H groups in total. The lowest BCUT2D eigenvalue weighted by molar-refractivity contribution is -0.137. The maximum atomic E-state index is 11.8. The zero-order valence-electron chi connectivity index (χ0n) is 10.5. The number of hydrogen-bond donors (Lipinski definition) is 1. The number of carbonyl (C=O) groups excluding carboxylic acids is 1. The molecule has 1 aliphatic rings. The Balaban J connectivity index is 1.94. The van der Waals surface area contributed by atoms with Crippen molar-refractivity contribution in [1.29, 1.82) is 0 Å². The topological polar surface area (TPSA) is 67.3 Å². The Kier molecular flexibility index (Phi) is 4.46. The summed E-state index contributed by atoms with van der Waals surface area (Å²) in [6.45, 7) is 3.90. The summed E-state index contributed by atoms with van der Waals surface area (Å²) in [5.41, 5.74) is 2.47. The van der Waals surface area contributed by atoms with Gasteiger partial charge in [0.1, 0.15) is 5.82 Å². The minimum absolute atomic E-state index is 0.0488. The predicted octanol–water partition coefficient (Wildman–Crippen LogP) is 0.761. The molecule has 1 aromatic rings. The maximum absolute atomic E-state index is 11.8. The number of anilines is 1. The molecule has 0 radical (unpaired) electrons. The van der Waals surface area contributed by atoms with E-state index in [9.17, 15) is 4.79 Å². The Bertz CT molecular complexity index is 385. The summed E-state index contributed by atoms with van der Waals surface area (Å²) in [6, 6.07) is 0. The summed E-state index contributed by atoms with van der Waals surface area (Å²) in [7, 11) is 0. The predicted molar refractivity (Wildman–Crippen MR) is 66.7 cm³/mol. The average Bonchev–Trinajstić information content (AvgIpc) is 2.46. The van der Waals surface area contributed by atoms with Gasteiger partial charge in [-0.3, -0.25) is 14.6 Å². The van der Waals surface area contributed by atoms with E-state index in [0.717, 1.165) is 25.2 Å². The molecule has 1 fully saturated rings. The third kappa shape index (κ3) is 3.16. The first-order chi connectivity index (χ1) is 8.81. The summed E-state index contributed by atoms with van der Waals surface area (Å²) in [4.78, 5) is 27.2. The summed E-state index contributed by atoms with van der Waals surface area (Å²) in [5.74, 6) is 0.726. The second kappa shape index (κ2) is 6.30. The van der Waals surface area contributed by atoms with Crippen LogP contribution in [-0.4, -0.2) is 35.6 Å². The van der Waals surface area contributed by atoms with Crippen LogP contribution in [0.25, 0.3) is 0 Å². The molecule has 0 unspecified atom stereocenters. The van der Waals surface area contributed by atoms with Crippen molar-refractivity contribution in [2.45, 2.75) is 19.8 Å². The Morgan fingerprint density at radius 1 is 1.61 bits per heavy atom. The lowest BCUT2D eigenvalue weighted by Gasteiger charge is -2.32. The second-order valence-electron chi connectivity index (χ2n) is 4.25. The zero-order valence-corrected chi connectivity index (χ0v) is 10.5. The van der Waals surface area contributed by atoms with Crippen LogP contribution in [0.5, 0.6) is 0 Å². The highest BCUT2D eigenvalue weighted by molar-refractivity contribution is 5.78. The Labute approximate surface area is 106 Å². The first-order valence-electron chi connectivity index (χ1n) is 6.24. The molecular weight excluding hydrogens is 232 g/mol. The van der Waals surface area contributed by atoms with Gasteiger partial charge in [0.05, 0.1) is 18.7 Å². The fraction of sp³-hybridized carbons (Fsp3) is 0.583. The number of hydrogen-bond acceptors (Lipinski definition) is 5. The Morgan fingerprint density at radius 2 is 2.50 bits per heavy atom. The molecule has 1 atom stereocenters. The highest BCUT2D eigenvalue weighted by atomic mass is 16.6. The van der Waals surface area contributed by atoms with Gasteiger partial charge in [0.2, 0.25) is 5.91 Å². The summed E-state index contributed by atoms with van der Waals surface area (Å²) < 4.78 is 0. The van der Waals surface area contributed by atoms with Crippen LogP contribution in [0.4, 0.5) is 5.82 Å². The first-order valence-corrected chi connectivity index (χ1v) is 6.24. The summed E-state index contributed by atoms with van der Waals surface area (Å²) in [6.07, 6.45) is 6.89. The average molecular weight is 250 g/mol. The number of carbonyl (C=O) groups is 1. The van der Waals surface area contributed by atoms with E-state index in [4.69, 9.17) is 4.84 Å². The fourth-order valence-electron chi connectivity index (χ4n) is 2.08. The molecule has 6 nitrogen and oxygen atoms in total. The van der Waals surface area contributed by atoms with Crippen LogP contribution in [-0.2, 0) is 9.63 Å². The van der Waals surface area contributed by atoms with Gasteiger partial charge in [0.15, 0.2) is 0 Å². The molecule has 1 aromatic heterocycles. The third-order valence-corrected chi connectivity index (χ3v) is 2.98. The van der Waals surface area contributed by atoms with Crippen molar-refractivity contribution in [1.82, 2.24) is 15.4 Å². The van der Waals surface area contributed by atoms with Gasteiger partial charge in [-0.1, -0.05) is 0 Å². The minimum atomic E-state index is -0.0505. The smallest absolute Gasteiger partial charge is 0.248 e. The van der Waals surface area contributed by atoms with Crippen LogP contribution in [0.2, 0.25) is 0 Å². The molecule has 0 aliphatic carbocycles. The molecule has 2 heterocycles. The summed E-state index contributed by atoms with van der Waals surface area (Å²) >= 11 is 0. The van der Waals surface area contributed by atoms with Crippen molar-refractivity contribution < 1.29 is 9.63 Å². The molecule has 0 spiro atoms. The van der Waals surface area contributed by atoms with E-state index in [1.165, 1.54) is 0 Å². The molecule has 1 aliphatic heterocycles. The number of piperidine rings is 1. The largest absolute Gasteiger partial charge is 0.355 e. The monoisotopic (exact) mass is 250 g/mol. The van der Waals surface area contributed by atoms with Gasteiger partial charge in [0, 0.05) is 25.5 Å².